The molecule has 0 spiro atoms. The summed E-state index contributed by atoms with van der Waals surface area (Å²) < 4.78 is 4.82. The van der Waals surface area contributed by atoms with E-state index in [2.05, 4.69) is 0 Å². The SMILES string of the molecule is COCC(O)C(N)c1ccccc1. The summed E-state index contributed by atoms with van der Waals surface area (Å²) in [6.07, 6.45) is -0.646. The lowest BCUT2D eigenvalue weighted by Crippen LogP contribution is -2.29. The average Bonchev–Trinajstić information content (AvgIpc) is 2.18. The molecule has 0 heterocycles. The summed E-state index contributed by atoms with van der Waals surface area (Å²) >= 11 is 0. The summed E-state index contributed by atoms with van der Waals surface area (Å²) in [5.74, 6) is 0. The van der Waals surface area contributed by atoms with Crippen molar-refractivity contribution >= 4 is 0 Å². The van der Waals surface area contributed by atoms with E-state index in [0.29, 0.717) is 0 Å². The van der Waals surface area contributed by atoms with Crippen LogP contribution in [0, 0.1) is 0 Å². The van der Waals surface area contributed by atoms with E-state index >= 15 is 0 Å². The number of aliphatic hydroxyl groups excluding tert-OH is 1. The van der Waals surface area contributed by atoms with Gasteiger partial charge in [-0.25, -0.2) is 0 Å². The maximum atomic E-state index is 9.52. The van der Waals surface area contributed by atoms with E-state index in [9.17, 15) is 5.11 Å². The summed E-state index contributed by atoms with van der Waals surface area (Å²) in [5.41, 5.74) is 6.72. The number of aliphatic hydroxyl groups is 1. The van der Waals surface area contributed by atoms with Crippen LogP contribution in [0.15, 0.2) is 30.3 Å². The van der Waals surface area contributed by atoms with E-state index in [1.54, 1.807) is 7.11 Å². The Morgan fingerprint density at radius 2 is 2.00 bits per heavy atom. The van der Waals surface area contributed by atoms with E-state index in [1.165, 1.54) is 0 Å². The maximum Gasteiger partial charge on any atom is 0.0965 e. The lowest BCUT2D eigenvalue weighted by Gasteiger charge is -2.17. The molecular weight excluding hydrogens is 166 g/mol. The van der Waals surface area contributed by atoms with Gasteiger partial charge < -0.3 is 15.6 Å². The molecule has 0 aromatic heterocycles. The third-order valence-corrected chi connectivity index (χ3v) is 1.94. The third kappa shape index (κ3) is 2.81. The minimum absolute atomic E-state index is 0.260. The van der Waals surface area contributed by atoms with Crippen LogP contribution in [0.2, 0.25) is 0 Å². The molecule has 72 valence electrons. The maximum absolute atomic E-state index is 9.52. The molecule has 0 bridgehead atoms. The second-order valence-electron chi connectivity index (χ2n) is 2.96. The molecule has 0 saturated carbocycles. The highest BCUT2D eigenvalue weighted by molar-refractivity contribution is 5.19. The average molecular weight is 181 g/mol. The van der Waals surface area contributed by atoms with E-state index < -0.39 is 6.10 Å². The molecule has 13 heavy (non-hydrogen) atoms. The smallest absolute Gasteiger partial charge is 0.0965 e. The molecule has 1 aromatic rings. The minimum atomic E-state index is -0.646. The van der Waals surface area contributed by atoms with Gasteiger partial charge in [0.15, 0.2) is 0 Å². The Morgan fingerprint density at radius 3 is 2.54 bits per heavy atom. The molecule has 2 atom stereocenters. The molecule has 0 aliphatic heterocycles. The van der Waals surface area contributed by atoms with Crippen molar-refractivity contribution in [2.75, 3.05) is 13.7 Å². The summed E-state index contributed by atoms with van der Waals surface area (Å²) in [7, 11) is 1.54. The molecule has 0 radical (unpaired) electrons. The monoisotopic (exact) mass is 181 g/mol. The summed E-state index contributed by atoms with van der Waals surface area (Å²) in [6.45, 7) is 0.260. The van der Waals surface area contributed by atoms with Crippen molar-refractivity contribution in [2.45, 2.75) is 12.1 Å². The van der Waals surface area contributed by atoms with Crippen LogP contribution in [0.4, 0.5) is 0 Å². The first-order valence-corrected chi connectivity index (χ1v) is 4.23. The fraction of sp³-hybridized carbons (Fsp3) is 0.400. The van der Waals surface area contributed by atoms with Crippen molar-refractivity contribution in [3.05, 3.63) is 35.9 Å². The Balaban J connectivity index is 2.62. The van der Waals surface area contributed by atoms with Gasteiger partial charge in [0.05, 0.1) is 18.8 Å². The topological polar surface area (TPSA) is 55.5 Å². The summed E-state index contributed by atoms with van der Waals surface area (Å²) in [5, 5.41) is 9.52. The quantitative estimate of drug-likeness (QED) is 0.718. The predicted molar refractivity (Wildman–Crippen MR) is 51.3 cm³/mol. The molecule has 0 saturated heterocycles. The molecule has 1 rings (SSSR count). The van der Waals surface area contributed by atoms with Gasteiger partial charge in [0.25, 0.3) is 0 Å². The van der Waals surface area contributed by atoms with Gasteiger partial charge in [-0.3, -0.25) is 0 Å². The van der Waals surface area contributed by atoms with Crippen LogP contribution in [0.25, 0.3) is 0 Å². The molecule has 3 heteroatoms. The van der Waals surface area contributed by atoms with Crippen LogP contribution >= 0.6 is 0 Å². The number of ether oxygens (including phenoxy) is 1. The van der Waals surface area contributed by atoms with E-state index in [-0.39, 0.29) is 12.6 Å². The molecule has 3 N–H and O–H groups in total. The first kappa shape index (κ1) is 10.2. The van der Waals surface area contributed by atoms with Gasteiger partial charge in [0.1, 0.15) is 0 Å². The van der Waals surface area contributed by atoms with Crippen LogP contribution in [0.3, 0.4) is 0 Å². The first-order chi connectivity index (χ1) is 6.25. The van der Waals surface area contributed by atoms with Gasteiger partial charge in [-0.2, -0.15) is 0 Å². The molecule has 0 fully saturated rings. The van der Waals surface area contributed by atoms with Crippen LogP contribution in [0.1, 0.15) is 11.6 Å². The van der Waals surface area contributed by atoms with Crippen LogP contribution < -0.4 is 5.73 Å². The van der Waals surface area contributed by atoms with Gasteiger partial charge >= 0.3 is 0 Å². The van der Waals surface area contributed by atoms with Gasteiger partial charge in [0.2, 0.25) is 0 Å². The number of hydrogen-bond acceptors (Lipinski definition) is 3. The zero-order valence-corrected chi connectivity index (χ0v) is 7.68. The Kier molecular flexibility index (Phi) is 3.89. The number of benzene rings is 1. The number of hydrogen-bond donors (Lipinski definition) is 2. The Labute approximate surface area is 78.1 Å². The Hall–Kier alpha value is -0.900. The van der Waals surface area contributed by atoms with E-state index in [4.69, 9.17) is 10.5 Å². The molecule has 0 amide bonds. The normalized spacial score (nSPS) is 15.3. The van der Waals surface area contributed by atoms with Crippen LogP contribution in [0.5, 0.6) is 0 Å². The number of rotatable bonds is 4. The van der Waals surface area contributed by atoms with Gasteiger partial charge in [-0.05, 0) is 5.56 Å². The summed E-state index contributed by atoms with van der Waals surface area (Å²) in [6, 6.07) is 9.12. The van der Waals surface area contributed by atoms with Gasteiger partial charge in [-0.1, -0.05) is 30.3 Å². The number of nitrogens with two attached hydrogens (primary N) is 1. The lowest BCUT2D eigenvalue weighted by molar-refractivity contribution is 0.0477. The highest BCUT2D eigenvalue weighted by atomic mass is 16.5. The fourth-order valence-corrected chi connectivity index (χ4v) is 1.17. The largest absolute Gasteiger partial charge is 0.389 e. The van der Waals surface area contributed by atoms with Crippen LogP contribution in [-0.2, 0) is 4.74 Å². The highest BCUT2D eigenvalue weighted by Crippen LogP contribution is 2.13. The van der Waals surface area contributed by atoms with Gasteiger partial charge in [0, 0.05) is 7.11 Å². The van der Waals surface area contributed by atoms with Crippen molar-refractivity contribution in [3.8, 4) is 0 Å². The summed E-state index contributed by atoms with van der Waals surface area (Å²) in [4.78, 5) is 0. The van der Waals surface area contributed by atoms with Crippen molar-refractivity contribution < 1.29 is 9.84 Å². The molecule has 0 aliphatic rings. The molecule has 0 aliphatic carbocycles. The van der Waals surface area contributed by atoms with Crippen molar-refractivity contribution in [1.29, 1.82) is 0 Å². The standard InChI is InChI=1S/C10H15NO2/c1-13-7-9(12)10(11)8-5-3-2-4-6-8/h2-6,9-10,12H,7,11H2,1H3. The predicted octanol–water partition coefficient (Wildman–Crippen LogP) is 0.694. The van der Waals surface area contributed by atoms with Crippen LogP contribution in [-0.4, -0.2) is 24.9 Å². The Bertz CT molecular complexity index is 238. The number of methoxy groups -OCH3 is 1. The fourth-order valence-electron chi connectivity index (χ4n) is 1.17. The molecule has 3 nitrogen and oxygen atoms in total. The lowest BCUT2D eigenvalue weighted by atomic mass is 10.0. The molecule has 1 aromatic carbocycles. The second-order valence-corrected chi connectivity index (χ2v) is 2.96. The van der Waals surface area contributed by atoms with Crippen molar-refractivity contribution in [2.24, 2.45) is 5.73 Å². The van der Waals surface area contributed by atoms with Gasteiger partial charge in [-0.15, -0.1) is 0 Å². The third-order valence-electron chi connectivity index (χ3n) is 1.94. The van der Waals surface area contributed by atoms with Crippen molar-refractivity contribution in [1.82, 2.24) is 0 Å². The van der Waals surface area contributed by atoms with E-state index in [0.717, 1.165) is 5.56 Å². The second kappa shape index (κ2) is 4.97. The first-order valence-electron chi connectivity index (χ1n) is 4.23. The zero-order valence-electron chi connectivity index (χ0n) is 7.68. The van der Waals surface area contributed by atoms with E-state index in [1.807, 2.05) is 30.3 Å². The van der Waals surface area contributed by atoms with Crippen molar-refractivity contribution in [3.63, 3.8) is 0 Å². The highest BCUT2D eigenvalue weighted by Gasteiger charge is 2.15. The zero-order chi connectivity index (χ0) is 9.68. The molecular formula is C10H15NO2. The minimum Gasteiger partial charge on any atom is -0.389 e. The Morgan fingerprint density at radius 1 is 1.38 bits per heavy atom. The molecule has 2 unspecified atom stereocenters.